The zero-order chi connectivity index (χ0) is 15.1. The minimum atomic E-state index is 0. The Balaban J connectivity index is 0.00000156. The summed E-state index contributed by atoms with van der Waals surface area (Å²) < 4.78 is 1.90. The molecule has 1 aromatic heterocycles. The van der Waals surface area contributed by atoms with E-state index in [4.69, 9.17) is 0 Å². The molecule has 23 heavy (non-hydrogen) atoms. The summed E-state index contributed by atoms with van der Waals surface area (Å²) in [5, 5.41) is 7.72. The molecule has 3 aliphatic rings. The first-order valence-electron chi connectivity index (χ1n) is 8.50. The van der Waals surface area contributed by atoms with E-state index in [0.29, 0.717) is 12.0 Å². The molecule has 3 fully saturated rings. The molecule has 1 aromatic rings. The largest absolute Gasteiger partial charge is 0.337 e. The Morgan fingerprint density at radius 2 is 1.96 bits per heavy atom. The van der Waals surface area contributed by atoms with E-state index in [9.17, 15) is 4.79 Å². The van der Waals surface area contributed by atoms with Crippen LogP contribution in [0.25, 0.3) is 0 Å². The molecular formula is C16H26ClN5O. The second-order valence-electron chi connectivity index (χ2n) is 6.82. The first kappa shape index (κ1) is 16.7. The molecule has 1 unspecified atom stereocenters. The van der Waals surface area contributed by atoms with E-state index in [0.717, 1.165) is 56.9 Å². The van der Waals surface area contributed by atoms with Crippen LogP contribution in [-0.4, -0.2) is 70.8 Å². The number of halogens is 1. The van der Waals surface area contributed by atoms with Crippen LogP contribution in [0.4, 0.5) is 0 Å². The highest BCUT2D eigenvalue weighted by atomic mass is 35.5. The standard InChI is InChI=1S/C16H25N5O.ClH/c1-19-15(12-2-3-12)14(10-18-19)16(22)21-7-4-13(11-21)20-8-5-17-6-9-20;/h10,12-13,17H,2-9,11H2,1H3;1H. The average Bonchev–Trinajstić information content (AvgIpc) is 3.12. The Bertz CT molecular complexity index is 565. The van der Waals surface area contributed by atoms with Gasteiger partial charge in [0.25, 0.3) is 5.91 Å². The number of hydrogen-bond donors (Lipinski definition) is 1. The molecule has 0 bridgehead atoms. The van der Waals surface area contributed by atoms with Gasteiger partial charge < -0.3 is 10.2 Å². The van der Waals surface area contributed by atoms with Crippen LogP contribution >= 0.6 is 12.4 Å². The van der Waals surface area contributed by atoms with Crippen LogP contribution in [0, 0.1) is 0 Å². The molecule has 1 atom stereocenters. The van der Waals surface area contributed by atoms with Crippen molar-refractivity contribution in [1.82, 2.24) is 24.9 Å². The molecule has 128 valence electrons. The maximum atomic E-state index is 12.9. The minimum absolute atomic E-state index is 0. The van der Waals surface area contributed by atoms with Crippen molar-refractivity contribution in [3.63, 3.8) is 0 Å². The lowest BCUT2D eigenvalue weighted by Gasteiger charge is -2.32. The van der Waals surface area contributed by atoms with Crippen molar-refractivity contribution >= 4 is 18.3 Å². The van der Waals surface area contributed by atoms with Crippen LogP contribution in [0.5, 0.6) is 0 Å². The van der Waals surface area contributed by atoms with Crippen LogP contribution in [0.1, 0.15) is 41.2 Å². The van der Waals surface area contributed by atoms with Gasteiger partial charge in [-0.15, -0.1) is 12.4 Å². The topological polar surface area (TPSA) is 53.4 Å². The highest BCUT2D eigenvalue weighted by Gasteiger charge is 2.36. The van der Waals surface area contributed by atoms with Crippen LogP contribution < -0.4 is 5.32 Å². The van der Waals surface area contributed by atoms with Crippen molar-refractivity contribution in [2.75, 3.05) is 39.3 Å². The SMILES string of the molecule is Cl.Cn1ncc(C(=O)N2CCC(N3CCNCC3)C2)c1C1CC1. The third-order valence-electron chi connectivity index (χ3n) is 5.30. The fourth-order valence-corrected chi connectivity index (χ4v) is 3.89. The molecule has 4 rings (SSSR count). The van der Waals surface area contributed by atoms with Gasteiger partial charge in [0.1, 0.15) is 0 Å². The van der Waals surface area contributed by atoms with Crippen LogP contribution in [0.3, 0.4) is 0 Å². The smallest absolute Gasteiger partial charge is 0.257 e. The summed E-state index contributed by atoms with van der Waals surface area (Å²) in [6.45, 7) is 6.10. The van der Waals surface area contributed by atoms with Crippen LogP contribution in [0.2, 0.25) is 0 Å². The first-order valence-corrected chi connectivity index (χ1v) is 8.50. The number of rotatable bonds is 3. The van der Waals surface area contributed by atoms with Gasteiger partial charge in [-0.2, -0.15) is 5.10 Å². The molecule has 0 spiro atoms. The summed E-state index contributed by atoms with van der Waals surface area (Å²) in [7, 11) is 1.96. The highest BCUT2D eigenvalue weighted by Crippen LogP contribution is 2.41. The average molecular weight is 340 g/mol. The fraction of sp³-hybridized carbons (Fsp3) is 0.750. The number of likely N-dealkylation sites (tertiary alicyclic amines) is 1. The number of aromatic nitrogens is 2. The van der Waals surface area contributed by atoms with Crippen molar-refractivity contribution < 1.29 is 4.79 Å². The van der Waals surface area contributed by atoms with Gasteiger partial charge in [-0.25, -0.2) is 0 Å². The number of nitrogens with zero attached hydrogens (tertiary/aromatic N) is 4. The summed E-state index contributed by atoms with van der Waals surface area (Å²) in [5.41, 5.74) is 1.99. The zero-order valence-corrected chi connectivity index (χ0v) is 14.5. The number of carbonyl (C=O) groups is 1. The monoisotopic (exact) mass is 339 g/mol. The van der Waals surface area contributed by atoms with Gasteiger partial charge in [-0.1, -0.05) is 0 Å². The molecule has 3 heterocycles. The first-order chi connectivity index (χ1) is 10.7. The molecule has 2 saturated heterocycles. The van der Waals surface area contributed by atoms with Gasteiger partial charge in [-0.05, 0) is 19.3 Å². The number of piperazine rings is 1. The van der Waals surface area contributed by atoms with Crippen molar-refractivity contribution in [1.29, 1.82) is 0 Å². The Morgan fingerprint density at radius 3 is 2.65 bits per heavy atom. The molecular weight excluding hydrogens is 314 g/mol. The maximum Gasteiger partial charge on any atom is 0.257 e. The second-order valence-corrected chi connectivity index (χ2v) is 6.82. The number of carbonyl (C=O) groups excluding carboxylic acids is 1. The Morgan fingerprint density at radius 1 is 1.22 bits per heavy atom. The summed E-state index contributed by atoms with van der Waals surface area (Å²) in [4.78, 5) is 17.5. The number of amides is 1. The summed E-state index contributed by atoms with van der Waals surface area (Å²) in [6, 6.07) is 0.534. The quantitative estimate of drug-likeness (QED) is 0.886. The van der Waals surface area contributed by atoms with E-state index in [1.54, 1.807) is 6.20 Å². The molecule has 7 heteroatoms. The predicted molar refractivity (Wildman–Crippen MR) is 91.2 cm³/mol. The number of aryl methyl sites for hydroxylation is 1. The van der Waals surface area contributed by atoms with Crippen LogP contribution in [0.15, 0.2) is 6.20 Å². The van der Waals surface area contributed by atoms with Crippen molar-refractivity contribution in [2.24, 2.45) is 7.05 Å². The van der Waals surface area contributed by atoms with Crippen molar-refractivity contribution in [3.8, 4) is 0 Å². The Hall–Kier alpha value is -1.11. The van der Waals surface area contributed by atoms with Crippen molar-refractivity contribution in [3.05, 3.63) is 17.5 Å². The minimum Gasteiger partial charge on any atom is -0.337 e. The lowest BCUT2D eigenvalue weighted by Crippen LogP contribution is -2.49. The lowest BCUT2D eigenvalue weighted by molar-refractivity contribution is 0.0772. The zero-order valence-electron chi connectivity index (χ0n) is 13.7. The van der Waals surface area contributed by atoms with Gasteiger partial charge in [0, 0.05) is 58.3 Å². The van der Waals surface area contributed by atoms with Crippen molar-refractivity contribution in [2.45, 2.75) is 31.2 Å². The van der Waals surface area contributed by atoms with Gasteiger partial charge >= 0.3 is 0 Å². The van der Waals surface area contributed by atoms with Crippen LogP contribution in [-0.2, 0) is 7.05 Å². The van der Waals surface area contributed by atoms with E-state index in [1.807, 2.05) is 16.6 Å². The van der Waals surface area contributed by atoms with Gasteiger partial charge in [-0.3, -0.25) is 14.4 Å². The third kappa shape index (κ3) is 3.25. The van der Waals surface area contributed by atoms with E-state index in [-0.39, 0.29) is 18.3 Å². The number of nitrogens with one attached hydrogen (secondary N) is 1. The Kier molecular flexibility index (Phi) is 4.94. The molecule has 1 N–H and O–H groups in total. The second kappa shape index (κ2) is 6.79. The predicted octanol–water partition coefficient (Wildman–Crippen LogP) is 0.839. The summed E-state index contributed by atoms with van der Waals surface area (Å²) in [6.07, 6.45) is 5.27. The van der Waals surface area contributed by atoms with E-state index >= 15 is 0 Å². The normalized spacial score (nSPS) is 25.4. The van der Waals surface area contributed by atoms with E-state index in [2.05, 4.69) is 15.3 Å². The van der Waals surface area contributed by atoms with E-state index < -0.39 is 0 Å². The molecule has 1 aliphatic carbocycles. The molecule has 1 amide bonds. The third-order valence-corrected chi connectivity index (χ3v) is 5.30. The Labute approximate surface area is 143 Å². The molecule has 6 nitrogen and oxygen atoms in total. The van der Waals surface area contributed by atoms with Gasteiger partial charge in [0.05, 0.1) is 17.5 Å². The maximum absolute atomic E-state index is 12.9. The fourth-order valence-electron chi connectivity index (χ4n) is 3.89. The summed E-state index contributed by atoms with van der Waals surface area (Å²) >= 11 is 0. The molecule has 0 aromatic carbocycles. The molecule has 1 saturated carbocycles. The molecule has 2 aliphatic heterocycles. The number of hydrogen-bond acceptors (Lipinski definition) is 4. The lowest BCUT2D eigenvalue weighted by atomic mass is 10.1. The highest BCUT2D eigenvalue weighted by molar-refractivity contribution is 5.95. The van der Waals surface area contributed by atoms with E-state index in [1.165, 1.54) is 12.8 Å². The van der Waals surface area contributed by atoms with Gasteiger partial charge in [0.2, 0.25) is 0 Å². The summed E-state index contributed by atoms with van der Waals surface area (Å²) in [5.74, 6) is 0.741. The molecule has 0 radical (unpaired) electrons. The van der Waals surface area contributed by atoms with Gasteiger partial charge in [0.15, 0.2) is 0 Å².